The summed E-state index contributed by atoms with van der Waals surface area (Å²) in [4.78, 5) is 13.5. The van der Waals surface area contributed by atoms with Gasteiger partial charge in [0.2, 0.25) is 6.41 Å². The first-order valence-electron chi connectivity index (χ1n) is 13.2. The zero-order chi connectivity index (χ0) is 25.9. The van der Waals surface area contributed by atoms with Crippen molar-refractivity contribution in [2.24, 2.45) is 11.8 Å². The van der Waals surface area contributed by atoms with Crippen molar-refractivity contribution in [2.45, 2.75) is 51.7 Å². The molecule has 1 N–H and O–H groups in total. The summed E-state index contributed by atoms with van der Waals surface area (Å²) < 4.78 is 31.2. The number of carbonyl (C=O) groups is 1. The van der Waals surface area contributed by atoms with Gasteiger partial charge in [0.05, 0.1) is 18.9 Å². The smallest absolute Gasteiger partial charge is 0.207 e. The van der Waals surface area contributed by atoms with Crippen LogP contribution < -0.4 is 10.1 Å². The molecule has 0 saturated carbocycles. The number of aromatic nitrogens is 1. The van der Waals surface area contributed by atoms with Gasteiger partial charge in [0.15, 0.2) is 5.58 Å². The van der Waals surface area contributed by atoms with Crippen molar-refractivity contribution in [3.8, 4) is 5.75 Å². The Morgan fingerprint density at radius 3 is 2.84 bits per heavy atom. The molecule has 2 aromatic carbocycles. The molecule has 0 aliphatic carbocycles. The minimum atomic E-state index is -0.309. The maximum atomic E-state index is 13.5. The number of carbonyl (C=O) groups excluding carboxylic acids is 1. The summed E-state index contributed by atoms with van der Waals surface area (Å²) in [5.41, 5.74) is 4.85. The summed E-state index contributed by atoms with van der Waals surface area (Å²) >= 11 is 0. The average Bonchev–Trinajstić information content (AvgIpc) is 3.28. The monoisotopic (exact) mass is 509 g/mol. The first-order chi connectivity index (χ1) is 18.0. The van der Waals surface area contributed by atoms with E-state index in [1.54, 1.807) is 13.2 Å². The number of hydrogen-bond donors (Lipinski definition) is 1. The molecule has 7 nitrogen and oxygen atoms in total. The summed E-state index contributed by atoms with van der Waals surface area (Å²) in [5.74, 6) is 1.49. The molecule has 5 rings (SSSR count). The van der Waals surface area contributed by atoms with E-state index in [-0.39, 0.29) is 18.0 Å². The van der Waals surface area contributed by atoms with Gasteiger partial charge in [-0.15, -0.1) is 0 Å². The average molecular weight is 510 g/mol. The molecule has 1 saturated heterocycles. The van der Waals surface area contributed by atoms with Crippen molar-refractivity contribution >= 4 is 17.4 Å². The molecule has 198 valence electrons. The van der Waals surface area contributed by atoms with Crippen molar-refractivity contribution in [3.05, 3.63) is 58.5 Å². The third-order valence-corrected chi connectivity index (χ3v) is 7.95. The van der Waals surface area contributed by atoms with Gasteiger partial charge < -0.3 is 24.2 Å². The van der Waals surface area contributed by atoms with Gasteiger partial charge in [-0.2, -0.15) is 0 Å². The lowest BCUT2D eigenvalue weighted by Crippen LogP contribution is -2.43. The van der Waals surface area contributed by atoms with Crippen molar-refractivity contribution in [2.75, 3.05) is 33.3 Å². The van der Waals surface area contributed by atoms with Crippen LogP contribution in [-0.4, -0.2) is 55.9 Å². The highest BCUT2D eigenvalue weighted by atomic mass is 19.1. The Bertz CT molecular complexity index is 1240. The fourth-order valence-electron chi connectivity index (χ4n) is 6.13. The molecule has 3 aromatic rings. The highest BCUT2D eigenvalue weighted by Gasteiger charge is 2.36. The highest BCUT2D eigenvalue weighted by Crippen LogP contribution is 2.41. The summed E-state index contributed by atoms with van der Waals surface area (Å²) in [7, 11) is 1.73. The largest absolute Gasteiger partial charge is 0.496 e. The maximum absolute atomic E-state index is 13.5. The molecule has 3 heterocycles. The second-order valence-electron chi connectivity index (χ2n) is 10.6. The van der Waals surface area contributed by atoms with Crippen LogP contribution in [0.15, 0.2) is 34.9 Å². The molecule has 2 aliphatic rings. The Labute approximate surface area is 217 Å². The number of rotatable bonds is 9. The van der Waals surface area contributed by atoms with Crippen LogP contribution >= 0.6 is 0 Å². The zero-order valence-corrected chi connectivity index (χ0v) is 21.8. The Morgan fingerprint density at radius 2 is 2.08 bits per heavy atom. The van der Waals surface area contributed by atoms with E-state index >= 15 is 0 Å². The Hall–Kier alpha value is -2.97. The molecule has 3 atom stereocenters. The fraction of sp³-hybridized carbons (Fsp3) is 0.517. The van der Waals surface area contributed by atoms with Crippen LogP contribution in [-0.2, 0) is 22.4 Å². The lowest BCUT2D eigenvalue weighted by molar-refractivity contribution is -0.111. The van der Waals surface area contributed by atoms with Crippen LogP contribution in [0.2, 0.25) is 0 Å². The first kappa shape index (κ1) is 25.7. The van der Waals surface area contributed by atoms with Crippen molar-refractivity contribution in [3.63, 3.8) is 0 Å². The van der Waals surface area contributed by atoms with E-state index in [9.17, 15) is 9.18 Å². The molecule has 0 radical (unpaired) electrons. The van der Waals surface area contributed by atoms with E-state index in [0.29, 0.717) is 24.0 Å². The SMILES string of the molecule is COc1c(C)ccc2c1C[C@@H](C1CCN(CC(C)Cc3noc4cc(F)ccc34)CC1)OC2CNC=O. The van der Waals surface area contributed by atoms with Gasteiger partial charge >= 0.3 is 0 Å². The van der Waals surface area contributed by atoms with Crippen LogP contribution in [0.5, 0.6) is 5.75 Å². The lowest BCUT2D eigenvalue weighted by Gasteiger charge is -2.41. The highest BCUT2D eigenvalue weighted by molar-refractivity contribution is 5.79. The van der Waals surface area contributed by atoms with E-state index in [4.69, 9.17) is 14.0 Å². The third kappa shape index (κ3) is 5.50. The predicted molar refractivity (Wildman–Crippen MR) is 139 cm³/mol. The second-order valence-corrected chi connectivity index (χ2v) is 10.6. The van der Waals surface area contributed by atoms with Crippen LogP contribution in [0.3, 0.4) is 0 Å². The van der Waals surface area contributed by atoms with Crippen LogP contribution in [0, 0.1) is 24.6 Å². The number of ether oxygens (including phenoxy) is 2. The van der Waals surface area contributed by atoms with Gasteiger partial charge in [0.25, 0.3) is 0 Å². The van der Waals surface area contributed by atoms with E-state index in [2.05, 4.69) is 41.4 Å². The normalized spacial score (nSPS) is 21.5. The van der Waals surface area contributed by atoms with Gasteiger partial charge in [-0.1, -0.05) is 24.2 Å². The van der Waals surface area contributed by atoms with Crippen molar-refractivity contribution in [1.82, 2.24) is 15.4 Å². The molecular formula is C29H36FN3O4. The number of fused-ring (bicyclic) bond motifs is 2. The van der Waals surface area contributed by atoms with Gasteiger partial charge in [-0.05, 0) is 74.4 Å². The van der Waals surface area contributed by atoms with Crippen molar-refractivity contribution < 1.29 is 23.2 Å². The maximum Gasteiger partial charge on any atom is 0.207 e. The number of halogens is 1. The number of nitrogens with one attached hydrogen (secondary N) is 1. The number of piperidine rings is 1. The van der Waals surface area contributed by atoms with E-state index < -0.39 is 0 Å². The standard InChI is InChI=1S/C29H36FN3O4/c1-18(12-25-23-7-5-21(30)13-27(23)37-32-25)16-33-10-8-20(9-11-33)26-14-24-22(28(36-26)15-31-17-34)6-4-19(2)29(24)35-3/h4-7,13,17-18,20,26,28H,8-12,14-16H2,1-3H3,(H,31,34)/t18?,26-,28?/m0/s1. The molecular weight excluding hydrogens is 473 g/mol. The van der Waals surface area contributed by atoms with Gasteiger partial charge in [0, 0.05) is 36.5 Å². The molecule has 2 unspecified atom stereocenters. The number of hydrogen-bond acceptors (Lipinski definition) is 6. The van der Waals surface area contributed by atoms with Crippen LogP contribution in [0.4, 0.5) is 4.39 Å². The number of nitrogens with zero attached hydrogens (tertiary/aromatic N) is 2. The molecule has 8 heteroatoms. The second kappa shape index (κ2) is 11.2. The topological polar surface area (TPSA) is 76.8 Å². The molecule has 0 bridgehead atoms. The summed E-state index contributed by atoms with van der Waals surface area (Å²) in [6.45, 7) is 7.79. The Kier molecular flexibility index (Phi) is 7.76. The van der Waals surface area contributed by atoms with Crippen LogP contribution in [0.25, 0.3) is 11.0 Å². The van der Waals surface area contributed by atoms with E-state index in [1.807, 2.05) is 0 Å². The summed E-state index contributed by atoms with van der Waals surface area (Å²) in [5, 5.41) is 7.90. The van der Waals surface area contributed by atoms with Crippen molar-refractivity contribution in [1.29, 1.82) is 0 Å². The summed E-state index contributed by atoms with van der Waals surface area (Å²) in [6, 6.07) is 8.78. The Morgan fingerprint density at radius 1 is 1.27 bits per heavy atom. The van der Waals surface area contributed by atoms with Crippen LogP contribution in [0.1, 0.15) is 48.3 Å². The fourth-order valence-corrected chi connectivity index (χ4v) is 6.13. The summed E-state index contributed by atoms with van der Waals surface area (Å²) in [6.07, 6.45) is 4.43. The molecule has 1 amide bonds. The van der Waals surface area contributed by atoms with E-state index in [0.717, 1.165) is 79.7 Å². The number of benzene rings is 2. The number of likely N-dealkylation sites (tertiary alicyclic amines) is 1. The third-order valence-electron chi connectivity index (χ3n) is 7.95. The minimum Gasteiger partial charge on any atom is -0.496 e. The molecule has 1 aromatic heterocycles. The van der Waals surface area contributed by atoms with Gasteiger partial charge in [0.1, 0.15) is 17.7 Å². The van der Waals surface area contributed by atoms with E-state index in [1.165, 1.54) is 17.7 Å². The molecule has 1 fully saturated rings. The lowest BCUT2D eigenvalue weighted by atomic mass is 9.82. The molecule has 0 spiro atoms. The predicted octanol–water partition coefficient (Wildman–Crippen LogP) is 4.60. The van der Waals surface area contributed by atoms with Gasteiger partial charge in [-0.3, -0.25) is 4.79 Å². The zero-order valence-electron chi connectivity index (χ0n) is 21.8. The number of amides is 1. The Balaban J connectivity index is 1.20. The first-order valence-corrected chi connectivity index (χ1v) is 13.2. The van der Waals surface area contributed by atoms with Gasteiger partial charge in [-0.25, -0.2) is 4.39 Å². The minimum absolute atomic E-state index is 0.100. The molecule has 2 aliphatic heterocycles. The quantitative estimate of drug-likeness (QED) is 0.425. The molecule has 37 heavy (non-hydrogen) atoms. The number of methoxy groups -OCH3 is 1. The number of aryl methyl sites for hydroxylation is 1.